The Morgan fingerprint density at radius 1 is 1.10 bits per heavy atom. The Kier molecular flexibility index (Phi) is 3.70. The predicted octanol–water partition coefficient (Wildman–Crippen LogP) is 5.31. The zero-order chi connectivity index (χ0) is 14.3. The molecule has 2 saturated carbocycles. The maximum Gasteiger partial charge on any atom is 0.159 e. The lowest BCUT2D eigenvalue weighted by Gasteiger charge is -2.31. The molecule has 1 nitrogen and oxygen atoms in total. The van der Waals surface area contributed by atoms with E-state index in [1.54, 1.807) is 12.5 Å². The van der Waals surface area contributed by atoms with Crippen LogP contribution < -0.4 is 0 Å². The van der Waals surface area contributed by atoms with E-state index in [4.69, 9.17) is 0 Å². The fourth-order valence-corrected chi connectivity index (χ4v) is 4.20. The van der Waals surface area contributed by atoms with Gasteiger partial charge in [0.25, 0.3) is 0 Å². The first-order chi connectivity index (χ1) is 9.56. The van der Waals surface area contributed by atoms with Gasteiger partial charge in [-0.3, -0.25) is 4.79 Å². The summed E-state index contributed by atoms with van der Waals surface area (Å²) in [7, 11) is 0. The first-order valence-electron chi connectivity index (χ1n) is 8.21. The van der Waals surface area contributed by atoms with Crippen molar-refractivity contribution in [3.63, 3.8) is 0 Å². The van der Waals surface area contributed by atoms with Gasteiger partial charge in [0.1, 0.15) is 0 Å². The number of rotatable bonds is 3. The van der Waals surface area contributed by atoms with Gasteiger partial charge in [0.15, 0.2) is 5.78 Å². The molecule has 0 aliphatic heterocycles. The van der Waals surface area contributed by atoms with Crippen LogP contribution >= 0.6 is 0 Å². The molecule has 1 aromatic carbocycles. The average molecular weight is 270 g/mol. The normalized spacial score (nSPS) is 30.2. The van der Waals surface area contributed by atoms with Crippen LogP contribution in [-0.2, 0) is 0 Å². The summed E-state index contributed by atoms with van der Waals surface area (Å²) in [6.07, 6.45) is 6.67. The zero-order valence-electron chi connectivity index (χ0n) is 13.0. The molecule has 0 spiro atoms. The van der Waals surface area contributed by atoms with Crippen LogP contribution in [0.3, 0.4) is 0 Å². The molecule has 1 heteroatoms. The molecule has 0 amide bonds. The van der Waals surface area contributed by atoms with Gasteiger partial charge >= 0.3 is 0 Å². The van der Waals surface area contributed by atoms with Gasteiger partial charge < -0.3 is 0 Å². The highest BCUT2D eigenvalue weighted by molar-refractivity contribution is 5.94. The molecule has 20 heavy (non-hydrogen) atoms. The summed E-state index contributed by atoms with van der Waals surface area (Å²) in [6, 6.07) is 6.52. The van der Waals surface area contributed by atoms with Gasteiger partial charge in [-0.05, 0) is 73.5 Å². The summed E-state index contributed by atoms with van der Waals surface area (Å²) in [6.45, 7) is 6.44. The van der Waals surface area contributed by atoms with Crippen LogP contribution in [0.1, 0.15) is 86.2 Å². The smallest absolute Gasteiger partial charge is 0.159 e. The molecule has 108 valence electrons. The summed E-state index contributed by atoms with van der Waals surface area (Å²) in [5, 5.41) is 0. The Hall–Kier alpha value is -1.11. The van der Waals surface area contributed by atoms with Crippen LogP contribution in [0.5, 0.6) is 0 Å². The molecular formula is C19H26O. The lowest BCUT2D eigenvalue weighted by atomic mass is 9.74. The number of ketones is 1. The molecule has 2 aliphatic rings. The molecule has 0 N–H and O–H groups in total. The molecule has 1 aromatic rings. The quantitative estimate of drug-likeness (QED) is 0.680. The van der Waals surface area contributed by atoms with Gasteiger partial charge in [-0.25, -0.2) is 0 Å². The van der Waals surface area contributed by atoms with Gasteiger partial charge in [0, 0.05) is 5.56 Å². The second-order valence-corrected chi connectivity index (χ2v) is 7.19. The van der Waals surface area contributed by atoms with Crippen molar-refractivity contribution >= 4 is 5.78 Å². The van der Waals surface area contributed by atoms with Gasteiger partial charge in [-0.15, -0.1) is 0 Å². The molecule has 2 aliphatic carbocycles. The third-order valence-corrected chi connectivity index (χ3v) is 5.56. The van der Waals surface area contributed by atoms with Crippen LogP contribution in [0.25, 0.3) is 0 Å². The summed E-state index contributed by atoms with van der Waals surface area (Å²) in [5.74, 6) is 3.20. The maximum absolute atomic E-state index is 11.7. The SMILES string of the molecule is CC(=O)c1ccc(C2CCC2)c(C2CC(C)CC2C)c1. The highest BCUT2D eigenvalue weighted by atomic mass is 16.1. The van der Waals surface area contributed by atoms with Crippen LogP contribution in [0.4, 0.5) is 0 Å². The summed E-state index contributed by atoms with van der Waals surface area (Å²) < 4.78 is 0. The van der Waals surface area contributed by atoms with Gasteiger partial charge in [-0.2, -0.15) is 0 Å². The summed E-state index contributed by atoms with van der Waals surface area (Å²) >= 11 is 0. The minimum absolute atomic E-state index is 0.199. The second kappa shape index (κ2) is 5.35. The first-order valence-corrected chi connectivity index (χ1v) is 8.21. The molecule has 0 bridgehead atoms. The molecule has 0 aromatic heterocycles. The third-order valence-electron chi connectivity index (χ3n) is 5.56. The van der Waals surface area contributed by atoms with Crippen molar-refractivity contribution < 1.29 is 4.79 Å². The van der Waals surface area contributed by atoms with Crippen LogP contribution in [0, 0.1) is 11.8 Å². The summed E-state index contributed by atoms with van der Waals surface area (Å²) in [4.78, 5) is 11.7. The topological polar surface area (TPSA) is 17.1 Å². The fraction of sp³-hybridized carbons (Fsp3) is 0.632. The fourth-order valence-electron chi connectivity index (χ4n) is 4.20. The van der Waals surface area contributed by atoms with Gasteiger partial charge in [-0.1, -0.05) is 32.4 Å². The monoisotopic (exact) mass is 270 g/mol. The van der Waals surface area contributed by atoms with Crippen LogP contribution in [0.15, 0.2) is 18.2 Å². The lowest BCUT2D eigenvalue weighted by Crippen LogP contribution is -2.15. The summed E-state index contributed by atoms with van der Waals surface area (Å²) in [5.41, 5.74) is 3.95. The van der Waals surface area contributed by atoms with Crippen LogP contribution in [0.2, 0.25) is 0 Å². The third kappa shape index (κ3) is 2.43. The molecule has 0 radical (unpaired) electrons. The van der Waals surface area contributed by atoms with E-state index in [-0.39, 0.29) is 5.78 Å². The Morgan fingerprint density at radius 2 is 1.85 bits per heavy atom. The average Bonchev–Trinajstić information content (AvgIpc) is 2.66. The Bertz CT molecular complexity index is 512. The number of hydrogen-bond acceptors (Lipinski definition) is 1. The standard InChI is InChI=1S/C19H26O/c1-12-9-13(2)18(10-12)19-11-16(14(3)20)7-8-17(19)15-5-4-6-15/h7-8,11-13,15,18H,4-6,9-10H2,1-3H3. The van der Waals surface area contributed by atoms with E-state index in [0.717, 1.165) is 23.3 Å². The number of Topliss-reactive ketones (excluding diaryl/α,β-unsaturated/α-hetero) is 1. The number of carbonyl (C=O) groups is 1. The largest absolute Gasteiger partial charge is 0.295 e. The Labute approximate surface area is 122 Å². The highest BCUT2D eigenvalue weighted by Crippen LogP contribution is 2.47. The molecular weight excluding hydrogens is 244 g/mol. The zero-order valence-corrected chi connectivity index (χ0v) is 13.0. The van der Waals surface area contributed by atoms with E-state index in [1.165, 1.54) is 37.7 Å². The second-order valence-electron chi connectivity index (χ2n) is 7.19. The van der Waals surface area contributed by atoms with E-state index >= 15 is 0 Å². The predicted molar refractivity (Wildman–Crippen MR) is 83.3 cm³/mol. The molecule has 3 atom stereocenters. The Balaban J connectivity index is 2.00. The van der Waals surface area contributed by atoms with Crippen molar-refractivity contribution in [1.29, 1.82) is 0 Å². The highest BCUT2D eigenvalue weighted by Gasteiger charge is 2.33. The van der Waals surface area contributed by atoms with Crippen molar-refractivity contribution in [3.05, 3.63) is 34.9 Å². The van der Waals surface area contributed by atoms with Gasteiger partial charge in [0.05, 0.1) is 0 Å². The van der Waals surface area contributed by atoms with E-state index in [1.807, 2.05) is 6.07 Å². The maximum atomic E-state index is 11.7. The molecule has 0 heterocycles. The van der Waals surface area contributed by atoms with E-state index in [9.17, 15) is 4.79 Å². The number of benzene rings is 1. The van der Waals surface area contributed by atoms with Crippen molar-refractivity contribution in [1.82, 2.24) is 0 Å². The minimum Gasteiger partial charge on any atom is -0.295 e. The van der Waals surface area contributed by atoms with Crippen molar-refractivity contribution in [3.8, 4) is 0 Å². The minimum atomic E-state index is 0.199. The molecule has 3 unspecified atom stereocenters. The van der Waals surface area contributed by atoms with Crippen molar-refractivity contribution in [2.45, 2.75) is 64.7 Å². The van der Waals surface area contributed by atoms with Crippen LogP contribution in [-0.4, -0.2) is 5.78 Å². The number of carbonyl (C=O) groups excluding carboxylic acids is 1. The van der Waals surface area contributed by atoms with Crippen molar-refractivity contribution in [2.24, 2.45) is 11.8 Å². The molecule has 3 rings (SSSR count). The molecule has 2 fully saturated rings. The lowest BCUT2D eigenvalue weighted by molar-refractivity contribution is 0.101. The van der Waals surface area contributed by atoms with E-state index in [2.05, 4.69) is 26.0 Å². The number of hydrogen-bond donors (Lipinski definition) is 0. The van der Waals surface area contributed by atoms with Crippen molar-refractivity contribution in [2.75, 3.05) is 0 Å². The Morgan fingerprint density at radius 3 is 2.35 bits per heavy atom. The first kappa shape index (κ1) is 13.9. The van der Waals surface area contributed by atoms with E-state index < -0.39 is 0 Å². The molecule has 0 saturated heterocycles. The van der Waals surface area contributed by atoms with E-state index in [0.29, 0.717) is 5.92 Å². The van der Waals surface area contributed by atoms with Gasteiger partial charge in [0.2, 0.25) is 0 Å².